The van der Waals surface area contributed by atoms with Crippen LogP contribution in [0.1, 0.15) is 44.5 Å². The molecule has 4 N–H and O–H groups in total. The predicted octanol–water partition coefficient (Wildman–Crippen LogP) is 2.12. The van der Waals surface area contributed by atoms with Crippen LogP contribution >= 0.6 is 0 Å². The van der Waals surface area contributed by atoms with Gasteiger partial charge in [0.2, 0.25) is 5.82 Å². The Hall–Kier alpha value is -2.89. The average Bonchev–Trinajstić information content (AvgIpc) is 3.03. The van der Waals surface area contributed by atoms with Gasteiger partial charge in [-0.15, -0.1) is 0 Å². The lowest BCUT2D eigenvalue weighted by Crippen LogP contribution is -2.31. The maximum atomic E-state index is 10.7. The van der Waals surface area contributed by atoms with Crippen LogP contribution in [-0.4, -0.2) is 41.9 Å². The van der Waals surface area contributed by atoms with Crippen LogP contribution in [-0.2, 0) is 0 Å². The van der Waals surface area contributed by atoms with Gasteiger partial charge < -0.3 is 24.9 Å². The molecular formula is C21H23N5O3. The summed E-state index contributed by atoms with van der Waals surface area (Å²) in [7, 11) is 0. The molecule has 0 saturated heterocycles. The average molecular weight is 393 g/mol. The fourth-order valence-electron chi connectivity index (χ4n) is 4.41. The minimum Gasteiger partial charge on any atom is -0.472 e. The van der Waals surface area contributed by atoms with Crippen molar-refractivity contribution >= 4 is 17.0 Å². The summed E-state index contributed by atoms with van der Waals surface area (Å²) in [5, 5.41) is 21.1. The molecule has 2 saturated carbocycles. The Morgan fingerprint density at radius 2 is 2.10 bits per heavy atom. The van der Waals surface area contributed by atoms with Crippen molar-refractivity contribution in [3.05, 3.63) is 24.4 Å². The molecule has 2 fully saturated rings. The first kappa shape index (κ1) is 18.2. The molecule has 0 bridgehead atoms. The van der Waals surface area contributed by atoms with Crippen LogP contribution in [0.25, 0.3) is 22.6 Å². The molecule has 0 spiro atoms. The molecule has 3 aromatic rings. The number of imidazole rings is 1. The number of furan rings is 1. The third kappa shape index (κ3) is 2.89. The van der Waals surface area contributed by atoms with Gasteiger partial charge in [-0.05, 0) is 36.7 Å². The number of aliphatic hydroxyl groups is 2. The summed E-state index contributed by atoms with van der Waals surface area (Å²) in [4.78, 5) is 13.6. The van der Waals surface area contributed by atoms with Crippen LogP contribution in [0.5, 0.6) is 0 Å². The first-order valence-electron chi connectivity index (χ1n) is 10.0. The Morgan fingerprint density at radius 3 is 2.79 bits per heavy atom. The number of aromatic nitrogens is 4. The van der Waals surface area contributed by atoms with Gasteiger partial charge in [0.1, 0.15) is 18.2 Å². The van der Waals surface area contributed by atoms with Gasteiger partial charge in [0, 0.05) is 6.42 Å². The number of fused-ring (bicyclic) bond motifs is 2. The number of hydrogen-bond acceptors (Lipinski definition) is 7. The largest absolute Gasteiger partial charge is 0.472 e. The van der Waals surface area contributed by atoms with Gasteiger partial charge in [0.15, 0.2) is 17.0 Å². The molecule has 5 rings (SSSR count). The molecule has 150 valence electrons. The molecule has 2 aliphatic rings. The Morgan fingerprint density at radius 1 is 1.24 bits per heavy atom. The van der Waals surface area contributed by atoms with E-state index >= 15 is 0 Å². The number of rotatable bonds is 4. The fraction of sp³-hybridized carbons (Fsp3) is 0.476. The van der Waals surface area contributed by atoms with Crippen LogP contribution in [0.2, 0.25) is 0 Å². The number of unbranched alkanes of at least 4 members (excludes halogenated alkanes) is 2. The normalized spacial score (nSPS) is 27.6. The van der Waals surface area contributed by atoms with Crippen molar-refractivity contribution < 1.29 is 14.6 Å². The van der Waals surface area contributed by atoms with Crippen LogP contribution in [0.15, 0.2) is 23.0 Å². The van der Waals surface area contributed by atoms with E-state index in [1.807, 2.05) is 4.57 Å². The lowest BCUT2D eigenvalue weighted by molar-refractivity contribution is 0.00418. The van der Waals surface area contributed by atoms with Crippen LogP contribution in [0.3, 0.4) is 0 Å². The molecule has 0 unspecified atom stereocenters. The first-order valence-corrected chi connectivity index (χ1v) is 10.0. The van der Waals surface area contributed by atoms with Gasteiger partial charge in [-0.2, -0.15) is 0 Å². The van der Waals surface area contributed by atoms with Crippen molar-refractivity contribution in [1.82, 2.24) is 19.5 Å². The summed E-state index contributed by atoms with van der Waals surface area (Å²) < 4.78 is 7.13. The number of nitrogens with two attached hydrogens (primary N) is 1. The highest BCUT2D eigenvalue weighted by molar-refractivity contribution is 5.86. The molecule has 0 aliphatic heterocycles. The molecule has 0 aromatic carbocycles. The monoisotopic (exact) mass is 393 g/mol. The number of anilines is 1. The molecule has 8 heteroatoms. The molecule has 2 aliphatic carbocycles. The van der Waals surface area contributed by atoms with Crippen molar-refractivity contribution in [3.63, 3.8) is 0 Å². The summed E-state index contributed by atoms with van der Waals surface area (Å²) >= 11 is 0. The zero-order valence-electron chi connectivity index (χ0n) is 16.1. The van der Waals surface area contributed by atoms with Crippen LogP contribution < -0.4 is 5.73 Å². The molecular weight excluding hydrogens is 370 g/mol. The van der Waals surface area contributed by atoms with Crippen LogP contribution in [0, 0.1) is 23.7 Å². The highest BCUT2D eigenvalue weighted by Gasteiger charge is 2.60. The summed E-state index contributed by atoms with van der Waals surface area (Å²) in [5.41, 5.74) is 7.94. The maximum absolute atomic E-state index is 10.7. The number of hydrogen-bond donors (Lipinski definition) is 3. The molecule has 3 aromatic heterocycles. The van der Waals surface area contributed by atoms with Crippen molar-refractivity contribution in [3.8, 4) is 23.2 Å². The third-order valence-corrected chi connectivity index (χ3v) is 5.97. The quantitative estimate of drug-likeness (QED) is 0.458. The van der Waals surface area contributed by atoms with E-state index in [1.165, 1.54) is 0 Å². The number of aliphatic hydroxyl groups excluding tert-OH is 2. The zero-order valence-corrected chi connectivity index (χ0v) is 16.1. The summed E-state index contributed by atoms with van der Waals surface area (Å²) in [5.74, 6) is 7.55. The lowest BCUT2D eigenvalue weighted by atomic mass is 10.1. The summed E-state index contributed by atoms with van der Waals surface area (Å²) in [6.07, 6.45) is 5.26. The van der Waals surface area contributed by atoms with Gasteiger partial charge in [-0.25, -0.2) is 15.0 Å². The van der Waals surface area contributed by atoms with Crippen molar-refractivity contribution in [1.29, 1.82) is 0 Å². The molecule has 0 radical (unpaired) electrons. The highest BCUT2D eigenvalue weighted by atomic mass is 16.3. The molecule has 5 atom stereocenters. The maximum Gasteiger partial charge on any atom is 0.208 e. The Bertz CT molecular complexity index is 1110. The van der Waals surface area contributed by atoms with Crippen molar-refractivity contribution in [2.24, 2.45) is 11.8 Å². The second-order valence-electron chi connectivity index (χ2n) is 7.86. The van der Waals surface area contributed by atoms with E-state index in [0.717, 1.165) is 31.2 Å². The molecule has 3 heterocycles. The van der Waals surface area contributed by atoms with Gasteiger partial charge in [-0.3, -0.25) is 0 Å². The van der Waals surface area contributed by atoms with Crippen LogP contribution in [0.4, 0.5) is 5.82 Å². The molecule has 0 amide bonds. The van der Waals surface area contributed by atoms with Gasteiger partial charge in [0.25, 0.3) is 0 Å². The molecule has 29 heavy (non-hydrogen) atoms. The smallest absolute Gasteiger partial charge is 0.208 e. The van der Waals surface area contributed by atoms with E-state index in [9.17, 15) is 10.2 Å². The summed E-state index contributed by atoms with van der Waals surface area (Å²) in [6, 6.07) is 1.47. The fourth-order valence-corrected chi connectivity index (χ4v) is 4.41. The second kappa shape index (κ2) is 6.87. The topological polar surface area (TPSA) is 123 Å². The summed E-state index contributed by atoms with van der Waals surface area (Å²) in [6.45, 7) is 2.12. The minimum atomic E-state index is -0.892. The van der Waals surface area contributed by atoms with Crippen molar-refractivity contribution in [2.45, 2.75) is 50.9 Å². The highest BCUT2D eigenvalue weighted by Crippen LogP contribution is 2.58. The van der Waals surface area contributed by atoms with E-state index < -0.39 is 12.2 Å². The van der Waals surface area contributed by atoms with Gasteiger partial charge in [0.05, 0.1) is 24.0 Å². The van der Waals surface area contributed by atoms with E-state index in [2.05, 4.69) is 33.7 Å². The minimum absolute atomic E-state index is 0.108. The molecule has 8 nitrogen and oxygen atoms in total. The lowest BCUT2D eigenvalue weighted by Gasteiger charge is -2.23. The standard InChI is InChI=1S/C21H23N5O3/c1-2-3-4-5-6-14-23-19(22)15-21(24-14)26(20(25-15)11-7-8-29-10-11)16-12-9-13(12)17(27)18(16)28/h7-8,10,12-13,16-18,27-28H,2-4,9H2,1H3,(H2,22,23,24)/t12-,13+,16+,17+,18-/m0/s1. The van der Waals surface area contributed by atoms with Gasteiger partial charge in [-0.1, -0.05) is 19.3 Å². The Balaban J connectivity index is 1.68. The van der Waals surface area contributed by atoms with E-state index in [1.54, 1.807) is 18.6 Å². The number of nitrogen functional groups attached to an aromatic ring is 1. The predicted molar refractivity (Wildman–Crippen MR) is 106 cm³/mol. The SMILES string of the molecule is CCCCC#Cc1nc(N)c2nc(-c3ccoc3)n([C@H]3[C@H](O)[C@H](O)[C@@H]4C[C@@H]43)c2n1. The van der Waals surface area contributed by atoms with E-state index in [0.29, 0.717) is 22.8 Å². The third-order valence-electron chi connectivity index (χ3n) is 5.97. The zero-order chi connectivity index (χ0) is 20.1. The Labute approximate surface area is 167 Å². The number of nitrogens with zero attached hydrogens (tertiary/aromatic N) is 4. The first-order chi connectivity index (χ1) is 14.1. The van der Waals surface area contributed by atoms with E-state index in [4.69, 9.17) is 10.2 Å². The van der Waals surface area contributed by atoms with Gasteiger partial charge >= 0.3 is 0 Å². The second-order valence-corrected chi connectivity index (χ2v) is 7.86. The van der Waals surface area contributed by atoms with Crippen molar-refractivity contribution in [2.75, 3.05) is 5.73 Å². The Kier molecular flexibility index (Phi) is 4.30. The van der Waals surface area contributed by atoms with E-state index in [-0.39, 0.29) is 23.7 Å².